The van der Waals surface area contributed by atoms with Gasteiger partial charge in [-0.05, 0) is 68.1 Å². The summed E-state index contributed by atoms with van der Waals surface area (Å²) in [5, 5.41) is 15.0. The van der Waals surface area contributed by atoms with Crippen molar-refractivity contribution in [3.8, 4) is 22.5 Å². The van der Waals surface area contributed by atoms with Gasteiger partial charge in [-0.1, -0.05) is 18.2 Å². The van der Waals surface area contributed by atoms with Crippen LogP contribution >= 0.6 is 0 Å². The van der Waals surface area contributed by atoms with Crippen LogP contribution in [0.15, 0.2) is 57.9 Å². The number of carboxylic acid groups (broad SMARTS) is 1. The van der Waals surface area contributed by atoms with Crippen LogP contribution in [0.4, 0.5) is 23.0 Å². The Balaban J connectivity index is 0.000000658. The molecule has 0 spiro atoms. The van der Waals surface area contributed by atoms with E-state index in [2.05, 4.69) is 22.4 Å². The predicted octanol–water partition coefficient (Wildman–Crippen LogP) is 7.17. The quantitative estimate of drug-likeness (QED) is 0.173. The molecule has 0 unspecified atom stereocenters. The van der Waals surface area contributed by atoms with Gasteiger partial charge in [0.1, 0.15) is 11.3 Å². The molecular formula is C26H26BF4N2O3-. The number of benzene rings is 3. The minimum atomic E-state index is -6.00. The molecule has 2 aromatic carbocycles. The molecule has 5 nitrogen and oxygen atoms in total. The number of nitrogens with zero attached hydrogens (tertiary/aromatic N) is 1. The fraction of sp³-hybridized carbons (Fsp3) is 0.231. The predicted molar refractivity (Wildman–Crippen MR) is 135 cm³/mol. The second-order valence-corrected chi connectivity index (χ2v) is 8.11. The average Bonchev–Trinajstić information content (AvgIpc) is 2.79. The summed E-state index contributed by atoms with van der Waals surface area (Å²) in [6, 6.07) is 15.3. The lowest BCUT2D eigenvalue weighted by Crippen LogP contribution is -2.08. The highest BCUT2D eigenvalue weighted by Gasteiger charge is 2.21. The molecule has 0 aromatic heterocycles. The lowest BCUT2D eigenvalue weighted by molar-refractivity contribution is 0.0697. The smallest absolute Gasteiger partial charge is 0.478 e. The number of nitrogens with one attached hydrogen (secondary N) is 1. The van der Waals surface area contributed by atoms with Crippen molar-refractivity contribution in [3.63, 3.8) is 0 Å². The largest absolute Gasteiger partial charge is 0.673 e. The number of aromatic carboxylic acids is 1. The highest BCUT2D eigenvalue weighted by Crippen LogP contribution is 2.41. The number of hydrogen-bond donors (Lipinski definition) is 2. The highest BCUT2D eigenvalue weighted by molar-refractivity contribution is 6.50. The molecule has 0 fully saturated rings. The van der Waals surface area contributed by atoms with Gasteiger partial charge in [-0.25, -0.2) is 4.79 Å². The van der Waals surface area contributed by atoms with Crippen LogP contribution in [0.2, 0.25) is 0 Å². The maximum atomic E-state index is 12.0. The Bertz CT molecular complexity index is 1440. The maximum Gasteiger partial charge on any atom is 0.673 e. The molecule has 0 bridgehead atoms. The van der Waals surface area contributed by atoms with Gasteiger partial charge in [-0.15, -0.1) is 0 Å². The first-order chi connectivity index (χ1) is 16.9. The Kier molecular flexibility index (Phi) is 8.07. The summed E-state index contributed by atoms with van der Waals surface area (Å²) in [5.74, 6) is -0.189. The number of rotatable bonds is 5. The van der Waals surface area contributed by atoms with Gasteiger partial charge in [-0.2, -0.15) is 0 Å². The number of halogens is 4. The van der Waals surface area contributed by atoms with Crippen LogP contribution in [0.3, 0.4) is 0 Å². The van der Waals surface area contributed by atoms with Crippen LogP contribution in [0.25, 0.3) is 33.4 Å². The summed E-state index contributed by atoms with van der Waals surface area (Å²) in [6.45, 7) is 9.56. The SMILES string of the molecule is CCN=c1cc2oc3cc(NCC)c(C)c(-c4ccccc4C(=O)O)c3cc-2cc1C.F[B-](F)(F)F. The number of carbonyl (C=O) groups is 1. The van der Waals surface area contributed by atoms with E-state index in [1.165, 1.54) is 0 Å². The van der Waals surface area contributed by atoms with Crippen LogP contribution in [0, 0.1) is 13.8 Å². The summed E-state index contributed by atoms with van der Waals surface area (Å²) in [6.07, 6.45) is 0. The van der Waals surface area contributed by atoms with E-state index in [1.807, 2.05) is 52.0 Å². The molecule has 0 atom stereocenters. The van der Waals surface area contributed by atoms with Gasteiger partial charge >= 0.3 is 13.2 Å². The summed E-state index contributed by atoms with van der Waals surface area (Å²) in [4.78, 5) is 16.5. The number of fused-ring (bicyclic) bond motifs is 2. The molecule has 190 valence electrons. The normalized spacial score (nSPS) is 11.9. The molecule has 2 aromatic rings. The lowest BCUT2D eigenvalue weighted by Gasteiger charge is -2.19. The van der Waals surface area contributed by atoms with Gasteiger partial charge in [-0.3, -0.25) is 4.99 Å². The molecule has 4 rings (SSSR count). The Morgan fingerprint density at radius 1 is 1.06 bits per heavy atom. The molecule has 2 aliphatic rings. The van der Waals surface area contributed by atoms with Crippen molar-refractivity contribution < 1.29 is 31.6 Å². The van der Waals surface area contributed by atoms with E-state index < -0.39 is 13.2 Å². The second kappa shape index (κ2) is 10.8. The van der Waals surface area contributed by atoms with Crippen molar-refractivity contribution in [2.75, 3.05) is 18.4 Å². The molecule has 0 saturated heterocycles. The van der Waals surface area contributed by atoms with Gasteiger partial charge in [0.25, 0.3) is 0 Å². The van der Waals surface area contributed by atoms with E-state index in [4.69, 9.17) is 4.42 Å². The molecular weight excluding hydrogens is 475 g/mol. The van der Waals surface area contributed by atoms with Crippen molar-refractivity contribution in [2.24, 2.45) is 4.99 Å². The van der Waals surface area contributed by atoms with E-state index >= 15 is 0 Å². The van der Waals surface area contributed by atoms with E-state index in [0.717, 1.165) is 51.0 Å². The third-order valence-electron chi connectivity index (χ3n) is 5.56. The number of hydrogen-bond acceptors (Lipinski definition) is 4. The van der Waals surface area contributed by atoms with E-state index in [-0.39, 0.29) is 5.56 Å². The maximum absolute atomic E-state index is 12.0. The standard InChI is InChI=1S/C26H26N2O3.BF4/c1-5-27-21-13-23-17(11-15(21)3)12-20-24(31-23)14-22(28-6-2)16(4)25(20)18-9-7-8-10-19(18)26(29)30;2-1(3,4)5/h7-14,28H,5-6H2,1-4H3,(H,29,30);/q;-1. The zero-order valence-corrected chi connectivity index (χ0v) is 20.3. The van der Waals surface area contributed by atoms with Crippen molar-refractivity contribution in [2.45, 2.75) is 27.7 Å². The van der Waals surface area contributed by atoms with Crippen molar-refractivity contribution >= 4 is 29.9 Å². The molecule has 10 heteroatoms. The Labute approximate surface area is 205 Å². The first kappa shape index (κ1) is 26.8. The zero-order valence-electron chi connectivity index (χ0n) is 20.3. The lowest BCUT2D eigenvalue weighted by atomic mass is 9.90. The third kappa shape index (κ3) is 6.05. The van der Waals surface area contributed by atoms with Crippen LogP contribution < -0.4 is 10.7 Å². The molecule has 0 amide bonds. The van der Waals surface area contributed by atoms with Crippen LogP contribution in [0.1, 0.15) is 35.3 Å². The summed E-state index contributed by atoms with van der Waals surface area (Å²) < 4.78 is 45.3. The zero-order chi connectivity index (χ0) is 26.6. The molecule has 1 aliphatic heterocycles. The topological polar surface area (TPSA) is 74.8 Å². The van der Waals surface area contributed by atoms with Gasteiger partial charge < -0.3 is 32.1 Å². The second-order valence-electron chi connectivity index (χ2n) is 8.11. The monoisotopic (exact) mass is 501 g/mol. The fourth-order valence-corrected chi connectivity index (χ4v) is 4.13. The fourth-order valence-electron chi connectivity index (χ4n) is 4.13. The van der Waals surface area contributed by atoms with Crippen LogP contribution in [0.5, 0.6) is 0 Å². The molecule has 2 N–H and O–H groups in total. The van der Waals surface area contributed by atoms with Crippen molar-refractivity contribution in [3.05, 3.63) is 70.6 Å². The number of anilines is 1. The molecule has 0 radical (unpaired) electrons. The minimum Gasteiger partial charge on any atom is -0.478 e. The Hall–Kier alpha value is -3.82. The van der Waals surface area contributed by atoms with Crippen LogP contribution in [-0.2, 0) is 0 Å². The summed E-state index contributed by atoms with van der Waals surface area (Å²) >= 11 is 0. The average molecular weight is 501 g/mol. The first-order valence-corrected chi connectivity index (χ1v) is 11.4. The van der Waals surface area contributed by atoms with Crippen molar-refractivity contribution in [1.29, 1.82) is 0 Å². The third-order valence-corrected chi connectivity index (χ3v) is 5.56. The molecule has 1 aliphatic carbocycles. The van der Waals surface area contributed by atoms with Gasteiger partial charge in [0.05, 0.1) is 10.9 Å². The first-order valence-electron chi connectivity index (χ1n) is 11.4. The Morgan fingerprint density at radius 3 is 2.33 bits per heavy atom. The van der Waals surface area contributed by atoms with E-state index in [0.29, 0.717) is 17.7 Å². The molecule has 1 heterocycles. The number of aryl methyl sites for hydroxylation is 1. The highest BCUT2D eigenvalue weighted by atomic mass is 19.5. The van der Waals surface area contributed by atoms with Gasteiger partial charge in [0, 0.05) is 41.9 Å². The van der Waals surface area contributed by atoms with Crippen LogP contribution in [-0.4, -0.2) is 31.4 Å². The Morgan fingerprint density at radius 2 is 1.72 bits per heavy atom. The van der Waals surface area contributed by atoms with Gasteiger partial charge in [0.2, 0.25) is 0 Å². The van der Waals surface area contributed by atoms with Gasteiger partial charge in [0.15, 0.2) is 0 Å². The minimum absolute atomic E-state index is 0.272. The van der Waals surface area contributed by atoms with E-state index in [9.17, 15) is 27.2 Å². The number of carboxylic acids is 1. The summed E-state index contributed by atoms with van der Waals surface area (Å²) in [5.41, 5.74) is 6.50. The summed E-state index contributed by atoms with van der Waals surface area (Å²) in [7, 11) is -6.00. The molecule has 36 heavy (non-hydrogen) atoms. The van der Waals surface area contributed by atoms with E-state index in [1.54, 1.807) is 12.1 Å². The molecule has 0 saturated carbocycles. The van der Waals surface area contributed by atoms with Crippen molar-refractivity contribution in [1.82, 2.24) is 0 Å².